The van der Waals surface area contributed by atoms with Gasteiger partial charge in [0.05, 0.1) is 6.61 Å². The zero-order valence-electron chi connectivity index (χ0n) is 11.5. The molecule has 0 unspecified atom stereocenters. The monoisotopic (exact) mass is 309 g/mol. The number of nitrogens with one attached hydrogen (secondary N) is 1. The third kappa shape index (κ3) is 3.46. The summed E-state index contributed by atoms with van der Waals surface area (Å²) in [7, 11) is 0. The van der Waals surface area contributed by atoms with Crippen molar-refractivity contribution in [1.82, 2.24) is 5.32 Å². The average molecular weight is 309 g/mol. The second-order valence-corrected chi connectivity index (χ2v) is 4.71. The maximum Gasteiger partial charge on any atom is 0.349 e. The van der Waals surface area contributed by atoms with Gasteiger partial charge in [-0.15, -0.1) is 0 Å². The van der Waals surface area contributed by atoms with Crippen molar-refractivity contribution in [3.63, 3.8) is 0 Å². The van der Waals surface area contributed by atoms with Crippen LogP contribution in [0.25, 0.3) is 0 Å². The van der Waals surface area contributed by atoms with E-state index in [1.165, 1.54) is 36.4 Å². The second kappa shape index (κ2) is 6.62. The third-order valence-electron chi connectivity index (χ3n) is 3.16. The highest BCUT2D eigenvalue weighted by Crippen LogP contribution is 2.27. The van der Waals surface area contributed by atoms with E-state index in [0.29, 0.717) is 5.56 Å². The standard InChI is InChI=1S/C16H14F3NO2/c17-14-7-6-11(8-12(14)10-21)9-20-15(22)16(18,19)13-4-2-1-3-5-13/h1-8,21H,9-10H2,(H,20,22). The lowest BCUT2D eigenvalue weighted by Gasteiger charge is -2.16. The second-order valence-electron chi connectivity index (χ2n) is 4.71. The summed E-state index contributed by atoms with van der Waals surface area (Å²) in [6.45, 7) is -0.692. The van der Waals surface area contributed by atoms with Crippen molar-refractivity contribution in [1.29, 1.82) is 0 Å². The van der Waals surface area contributed by atoms with Gasteiger partial charge < -0.3 is 10.4 Å². The van der Waals surface area contributed by atoms with E-state index in [-0.39, 0.29) is 12.1 Å². The van der Waals surface area contributed by atoms with Crippen LogP contribution in [0.3, 0.4) is 0 Å². The molecule has 0 atom stereocenters. The van der Waals surface area contributed by atoms with E-state index in [1.54, 1.807) is 6.07 Å². The Labute approximate surface area is 125 Å². The first-order valence-corrected chi connectivity index (χ1v) is 6.55. The van der Waals surface area contributed by atoms with Crippen molar-refractivity contribution in [2.24, 2.45) is 0 Å². The Bertz CT molecular complexity index is 660. The molecule has 22 heavy (non-hydrogen) atoms. The van der Waals surface area contributed by atoms with Gasteiger partial charge in [-0.1, -0.05) is 36.4 Å². The van der Waals surface area contributed by atoms with Gasteiger partial charge >= 0.3 is 5.92 Å². The minimum atomic E-state index is -3.65. The van der Waals surface area contributed by atoms with E-state index in [2.05, 4.69) is 5.32 Å². The summed E-state index contributed by atoms with van der Waals surface area (Å²) < 4.78 is 41.1. The number of aliphatic hydroxyl groups excluding tert-OH is 1. The number of carbonyl (C=O) groups excluding carboxylic acids is 1. The molecular formula is C16H14F3NO2. The fourth-order valence-corrected chi connectivity index (χ4v) is 1.93. The van der Waals surface area contributed by atoms with Crippen molar-refractivity contribution in [3.05, 3.63) is 71.0 Å². The number of rotatable bonds is 5. The minimum Gasteiger partial charge on any atom is -0.392 e. The first-order chi connectivity index (χ1) is 10.4. The van der Waals surface area contributed by atoms with E-state index in [9.17, 15) is 18.0 Å². The maximum absolute atomic E-state index is 13.9. The molecule has 0 aromatic heterocycles. The third-order valence-corrected chi connectivity index (χ3v) is 3.16. The Hall–Kier alpha value is -2.34. The van der Waals surface area contributed by atoms with Gasteiger partial charge in [0.2, 0.25) is 0 Å². The zero-order chi connectivity index (χ0) is 16.2. The fourth-order valence-electron chi connectivity index (χ4n) is 1.93. The lowest BCUT2D eigenvalue weighted by atomic mass is 10.1. The molecule has 0 aliphatic carbocycles. The van der Waals surface area contributed by atoms with Crippen LogP contribution in [0.5, 0.6) is 0 Å². The molecule has 0 aliphatic heterocycles. The van der Waals surface area contributed by atoms with Gasteiger partial charge in [0.25, 0.3) is 5.91 Å². The lowest BCUT2D eigenvalue weighted by Crippen LogP contribution is -2.37. The molecule has 116 valence electrons. The Morgan fingerprint density at radius 2 is 1.82 bits per heavy atom. The predicted octanol–water partition coefficient (Wildman–Crippen LogP) is 2.73. The normalized spacial score (nSPS) is 11.3. The van der Waals surface area contributed by atoms with Crippen LogP contribution in [0, 0.1) is 5.82 Å². The Morgan fingerprint density at radius 1 is 1.14 bits per heavy atom. The summed E-state index contributed by atoms with van der Waals surface area (Å²) in [4.78, 5) is 11.7. The van der Waals surface area contributed by atoms with Gasteiger partial charge in [-0.05, 0) is 17.7 Å². The molecule has 0 fully saturated rings. The molecule has 2 rings (SSSR count). The number of aliphatic hydroxyl groups is 1. The van der Waals surface area contributed by atoms with Crippen LogP contribution in [-0.4, -0.2) is 11.0 Å². The van der Waals surface area contributed by atoms with Crippen molar-refractivity contribution < 1.29 is 23.1 Å². The molecule has 0 saturated carbocycles. The van der Waals surface area contributed by atoms with Crippen LogP contribution in [-0.2, 0) is 23.9 Å². The molecule has 0 radical (unpaired) electrons. The molecule has 3 nitrogen and oxygen atoms in total. The van der Waals surface area contributed by atoms with E-state index >= 15 is 0 Å². The largest absolute Gasteiger partial charge is 0.392 e. The smallest absolute Gasteiger partial charge is 0.349 e. The fraction of sp³-hybridized carbons (Fsp3) is 0.188. The van der Waals surface area contributed by atoms with E-state index in [4.69, 9.17) is 5.11 Å². The molecule has 0 bridgehead atoms. The van der Waals surface area contributed by atoms with Crippen molar-refractivity contribution >= 4 is 5.91 Å². The molecule has 0 aliphatic rings. The summed E-state index contributed by atoms with van der Waals surface area (Å²) in [5.74, 6) is -5.68. The van der Waals surface area contributed by atoms with Crippen molar-refractivity contribution in [2.45, 2.75) is 19.1 Å². The molecule has 0 spiro atoms. The summed E-state index contributed by atoms with van der Waals surface area (Å²) in [5, 5.41) is 11.1. The summed E-state index contributed by atoms with van der Waals surface area (Å²) in [6, 6.07) is 10.5. The van der Waals surface area contributed by atoms with Gasteiger partial charge in [0.1, 0.15) is 5.82 Å². The van der Waals surface area contributed by atoms with E-state index in [0.717, 1.165) is 6.07 Å². The van der Waals surface area contributed by atoms with Gasteiger partial charge in [-0.3, -0.25) is 4.79 Å². The highest BCUT2D eigenvalue weighted by Gasteiger charge is 2.40. The molecule has 2 aromatic rings. The summed E-state index contributed by atoms with van der Waals surface area (Å²) in [6.07, 6.45) is 0. The molecule has 6 heteroatoms. The van der Waals surface area contributed by atoms with Gasteiger partial charge in [0.15, 0.2) is 0 Å². The van der Waals surface area contributed by atoms with Crippen LogP contribution in [0.15, 0.2) is 48.5 Å². The molecule has 2 aromatic carbocycles. The maximum atomic E-state index is 13.9. The molecular weight excluding hydrogens is 295 g/mol. The first kappa shape index (κ1) is 16.0. The average Bonchev–Trinajstić information content (AvgIpc) is 2.54. The molecule has 1 amide bonds. The van der Waals surface area contributed by atoms with Crippen LogP contribution in [0.1, 0.15) is 16.7 Å². The number of hydrogen-bond acceptors (Lipinski definition) is 2. The topological polar surface area (TPSA) is 49.3 Å². The zero-order valence-corrected chi connectivity index (χ0v) is 11.5. The molecule has 0 saturated heterocycles. The Balaban J connectivity index is 2.06. The minimum absolute atomic E-state index is 0.0431. The number of benzene rings is 2. The highest BCUT2D eigenvalue weighted by molar-refractivity contribution is 5.84. The Kier molecular flexibility index (Phi) is 4.82. The Morgan fingerprint density at radius 3 is 2.45 bits per heavy atom. The van der Waals surface area contributed by atoms with Gasteiger partial charge in [-0.2, -0.15) is 8.78 Å². The highest BCUT2D eigenvalue weighted by atomic mass is 19.3. The predicted molar refractivity (Wildman–Crippen MR) is 74.5 cm³/mol. The van der Waals surface area contributed by atoms with Crippen molar-refractivity contribution in [2.75, 3.05) is 0 Å². The van der Waals surface area contributed by atoms with E-state index in [1.807, 2.05) is 0 Å². The number of carbonyl (C=O) groups is 1. The quantitative estimate of drug-likeness (QED) is 0.892. The van der Waals surface area contributed by atoms with Crippen molar-refractivity contribution in [3.8, 4) is 0 Å². The SMILES string of the molecule is O=C(NCc1ccc(F)c(CO)c1)C(F)(F)c1ccccc1. The summed E-state index contributed by atoms with van der Waals surface area (Å²) >= 11 is 0. The van der Waals surface area contributed by atoms with Crippen LogP contribution in [0.2, 0.25) is 0 Å². The van der Waals surface area contributed by atoms with Crippen LogP contribution < -0.4 is 5.32 Å². The van der Waals surface area contributed by atoms with Crippen LogP contribution >= 0.6 is 0 Å². The first-order valence-electron chi connectivity index (χ1n) is 6.55. The molecule has 0 heterocycles. The summed E-state index contributed by atoms with van der Waals surface area (Å²) in [5.41, 5.74) is 0.0619. The van der Waals surface area contributed by atoms with Crippen LogP contribution in [0.4, 0.5) is 13.2 Å². The number of amides is 1. The molecule has 2 N–H and O–H groups in total. The van der Waals surface area contributed by atoms with Gasteiger partial charge in [0, 0.05) is 17.7 Å². The number of halogens is 3. The van der Waals surface area contributed by atoms with E-state index < -0.39 is 29.8 Å². The number of hydrogen-bond donors (Lipinski definition) is 2. The van der Waals surface area contributed by atoms with Gasteiger partial charge in [-0.25, -0.2) is 4.39 Å². The number of alkyl halides is 2. The lowest BCUT2D eigenvalue weighted by molar-refractivity contribution is -0.147.